The third kappa shape index (κ3) is 3.99. The first-order chi connectivity index (χ1) is 13.7. The summed E-state index contributed by atoms with van der Waals surface area (Å²) in [7, 11) is -0.143. The van der Waals surface area contributed by atoms with Crippen LogP contribution in [0.4, 0.5) is 17.5 Å². The molecule has 0 spiro atoms. The zero-order valence-electron chi connectivity index (χ0n) is 16.2. The largest absolute Gasteiger partial charge is 0.367 e. The molecule has 3 N–H and O–H groups in total. The fraction of sp³-hybridized carbons (Fsp3) is 0.333. The fourth-order valence-electron chi connectivity index (χ4n) is 2.84. The summed E-state index contributed by atoms with van der Waals surface area (Å²) < 4.78 is 24.1. The number of nitrogens with zero attached hydrogens (tertiary/aromatic N) is 4. The number of hydrogen-bond acceptors (Lipinski definition) is 8. The molecule has 4 rings (SSSR count). The van der Waals surface area contributed by atoms with Gasteiger partial charge in [0.2, 0.25) is 5.95 Å². The van der Waals surface area contributed by atoms with E-state index in [1.165, 1.54) is 4.90 Å². The number of rotatable bonds is 6. The summed E-state index contributed by atoms with van der Waals surface area (Å²) in [5.41, 5.74) is 1.59. The van der Waals surface area contributed by atoms with Crippen molar-refractivity contribution in [2.75, 3.05) is 31.0 Å². The van der Waals surface area contributed by atoms with Crippen LogP contribution in [-0.2, 0) is 9.84 Å². The van der Waals surface area contributed by atoms with E-state index in [0.717, 1.165) is 19.1 Å². The molecule has 10 nitrogen and oxygen atoms in total. The Hall–Kier alpha value is -3.21. The normalized spacial score (nSPS) is 14.0. The van der Waals surface area contributed by atoms with Gasteiger partial charge in [-0.25, -0.2) is 8.42 Å². The molecule has 2 aromatic heterocycles. The highest BCUT2D eigenvalue weighted by Gasteiger charge is 2.27. The summed E-state index contributed by atoms with van der Waals surface area (Å²) in [6.45, 7) is 0. The number of hydrogen-bond donors (Lipinski definition) is 3. The number of aromatic amines is 1. The molecular formula is C18H21N7O3S. The van der Waals surface area contributed by atoms with E-state index in [2.05, 4.69) is 30.8 Å². The molecule has 152 valence electrons. The van der Waals surface area contributed by atoms with Crippen molar-refractivity contribution in [2.24, 2.45) is 0 Å². The van der Waals surface area contributed by atoms with E-state index in [-0.39, 0.29) is 22.9 Å². The third-order valence-electron chi connectivity index (χ3n) is 4.45. The number of fused-ring (bicyclic) bond motifs is 1. The highest BCUT2D eigenvalue weighted by atomic mass is 32.2. The first-order valence-electron chi connectivity index (χ1n) is 9.04. The Bertz CT molecular complexity index is 1180. The molecule has 1 fully saturated rings. The monoisotopic (exact) mass is 415 g/mol. The summed E-state index contributed by atoms with van der Waals surface area (Å²) in [4.78, 5) is 22.4. The van der Waals surface area contributed by atoms with Crippen molar-refractivity contribution in [1.82, 2.24) is 25.1 Å². The van der Waals surface area contributed by atoms with Crippen molar-refractivity contribution < 1.29 is 13.2 Å². The van der Waals surface area contributed by atoms with E-state index in [1.54, 1.807) is 38.4 Å². The average molecular weight is 415 g/mol. The van der Waals surface area contributed by atoms with Crippen LogP contribution in [0.25, 0.3) is 11.0 Å². The molecular weight excluding hydrogens is 394 g/mol. The van der Waals surface area contributed by atoms with Crippen LogP contribution in [0.15, 0.2) is 29.3 Å². The minimum atomic E-state index is -3.53. The Morgan fingerprint density at radius 2 is 1.86 bits per heavy atom. The lowest BCUT2D eigenvalue weighted by Crippen LogP contribution is -2.21. The van der Waals surface area contributed by atoms with Gasteiger partial charge in [0.1, 0.15) is 11.2 Å². The van der Waals surface area contributed by atoms with Gasteiger partial charge >= 0.3 is 0 Å². The number of aromatic nitrogens is 4. The number of H-pyrrole nitrogens is 1. The summed E-state index contributed by atoms with van der Waals surface area (Å²) >= 11 is 0. The molecule has 0 radical (unpaired) electrons. The van der Waals surface area contributed by atoms with Gasteiger partial charge in [0.15, 0.2) is 20.5 Å². The number of amides is 1. The molecule has 0 aliphatic heterocycles. The number of carbonyl (C=O) groups is 1. The van der Waals surface area contributed by atoms with E-state index < -0.39 is 9.84 Å². The van der Waals surface area contributed by atoms with Crippen molar-refractivity contribution >= 4 is 44.2 Å². The Morgan fingerprint density at radius 1 is 1.17 bits per heavy atom. The molecule has 11 heteroatoms. The lowest BCUT2D eigenvalue weighted by atomic mass is 10.2. The van der Waals surface area contributed by atoms with Crippen molar-refractivity contribution in [3.05, 3.63) is 29.8 Å². The Morgan fingerprint density at radius 3 is 2.45 bits per heavy atom. The van der Waals surface area contributed by atoms with Crippen molar-refractivity contribution in [1.29, 1.82) is 0 Å². The standard InChI is InChI=1S/C18H21N7O3S/c1-25(2)17(26)10-4-6-12(7-5-10)20-18-21-14(19-11-8-9-11)13-15(22-18)23-24-16(13)29(3,27)28/h4-7,11H,8-9H2,1-3H3,(H3,19,20,21,22,23,24). The molecule has 3 aromatic rings. The average Bonchev–Trinajstić information content (AvgIpc) is 3.35. The SMILES string of the molecule is CN(C)C(=O)c1ccc(Nc2nc(NC3CC3)c3c(S(C)(=O)=O)n[nH]c3n2)cc1. The summed E-state index contributed by atoms with van der Waals surface area (Å²) in [5, 5.41) is 13.2. The van der Waals surface area contributed by atoms with Gasteiger partial charge in [-0.3, -0.25) is 9.89 Å². The van der Waals surface area contributed by atoms with E-state index in [1.807, 2.05) is 0 Å². The first kappa shape index (κ1) is 19.1. The first-order valence-corrected chi connectivity index (χ1v) is 10.9. The summed E-state index contributed by atoms with van der Waals surface area (Å²) in [6, 6.07) is 7.20. The van der Waals surface area contributed by atoms with Gasteiger partial charge in [-0.2, -0.15) is 15.1 Å². The highest BCUT2D eigenvalue weighted by molar-refractivity contribution is 7.90. The summed E-state index contributed by atoms with van der Waals surface area (Å²) in [6.07, 6.45) is 3.11. The molecule has 2 heterocycles. The highest BCUT2D eigenvalue weighted by Crippen LogP contribution is 2.32. The van der Waals surface area contributed by atoms with E-state index in [9.17, 15) is 13.2 Å². The van der Waals surface area contributed by atoms with Gasteiger partial charge in [-0.1, -0.05) is 0 Å². The zero-order chi connectivity index (χ0) is 20.8. The van der Waals surface area contributed by atoms with E-state index in [4.69, 9.17) is 0 Å². The topological polar surface area (TPSA) is 133 Å². The molecule has 29 heavy (non-hydrogen) atoms. The molecule has 0 bridgehead atoms. The lowest BCUT2D eigenvalue weighted by Gasteiger charge is -2.12. The second-order valence-electron chi connectivity index (χ2n) is 7.24. The van der Waals surface area contributed by atoms with Crippen molar-refractivity contribution in [2.45, 2.75) is 23.9 Å². The van der Waals surface area contributed by atoms with Crippen molar-refractivity contribution in [3.63, 3.8) is 0 Å². The minimum absolute atomic E-state index is 0.0752. The zero-order valence-corrected chi connectivity index (χ0v) is 17.0. The lowest BCUT2D eigenvalue weighted by molar-refractivity contribution is 0.0827. The van der Waals surface area contributed by atoms with Crippen LogP contribution in [0.5, 0.6) is 0 Å². The van der Waals surface area contributed by atoms with Crippen LogP contribution < -0.4 is 10.6 Å². The van der Waals surface area contributed by atoms with Gasteiger partial charge in [-0.15, -0.1) is 0 Å². The van der Waals surface area contributed by atoms with Crippen LogP contribution in [0.3, 0.4) is 0 Å². The minimum Gasteiger partial charge on any atom is -0.367 e. The van der Waals surface area contributed by atoms with Gasteiger partial charge in [0.05, 0.1) is 0 Å². The number of anilines is 3. The predicted octanol–water partition coefficient (Wildman–Crippen LogP) is 1.78. The molecule has 1 saturated carbocycles. The van der Waals surface area contributed by atoms with Crippen LogP contribution in [0, 0.1) is 0 Å². The van der Waals surface area contributed by atoms with Crippen LogP contribution in [0.1, 0.15) is 23.2 Å². The molecule has 0 atom stereocenters. The molecule has 0 unspecified atom stereocenters. The van der Waals surface area contributed by atoms with E-state index >= 15 is 0 Å². The fourth-order valence-corrected chi connectivity index (χ4v) is 3.61. The van der Waals surface area contributed by atoms with Crippen LogP contribution in [0.2, 0.25) is 0 Å². The van der Waals surface area contributed by atoms with Gasteiger partial charge in [0.25, 0.3) is 5.91 Å². The molecule has 1 aliphatic carbocycles. The summed E-state index contributed by atoms with van der Waals surface area (Å²) in [5.74, 6) is 0.625. The van der Waals surface area contributed by atoms with Gasteiger partial charge in [0, 0.05) is 37.6 Å². The Kier molecular flexibility index (Phi) is 4.61. The molecule has 1 amide bonds. The second-order valence-corrected chi connectivity index (χ2v) is 9.17. The Labute approximate surface area is 167 Å². The number of benzene rings is 1. The maximum atomic E-state index is 12.1. The molecule has 1 aromatic carbocycles. The van der Waals surface area contributed by atoms with Gasteiger partial charge in [-0.05, 0) is 37.1 Å². The quantitative estimate of drug-likeness (QED) is 0.555. The van der Waals surface area contributed by atoms with Crippen LogP contribution in [-0.4, -0.2) is 65.8 Å². The second kappa shape index (κ2) is 6.99. The number of carbonyl (C=O) groups excluding carboxylic acids is 1. The predicted molar refractivity (Wildman–Crippen MR) is 109 cm³/mol. The molecule has 0 saturated heterocycles. The molecule has 1 aliphatic rings. The van der Waals surface area contributed by atoms with E-state index in [0.29, 0.717) is 28.1 Å². The number of nitrogens with one attached hydrogen (secondary N) is 3. The number of sulfone groups is 1. The smallest absolute Gasteiger partial charge is 0.253 e. The third-order valence-corrected chi connectivity index (χ3v) is 5.45. The van der Waals surface area contributed by atoms with Gasteiger partial charge < -0.3 is 15.5 Å². The maximum Gasteiger partial charge on any atom is 0.253 e. The van der Waals surface area contributed by atoms with Crippen molar-refractivity contribution in [3.8, 4) is 0 Å². The maximum absolute atomic E-state index is 12.1. The van der Waals surface area contributed by atoms with Crippen LogP contribution >= 0.6 is 0 Å². The Balaban J connectivity index is 1.68.